The van der Waals surface area contributed by atoms with Gasteiger partial charge in [0.25, 0.3) is 0 Å². The monoisotopic (exact) mass is 469 g/mol. The predicted octanol–water partition coefficient (Wildman–Crippen LogP) is 3.43. The first-order valence-electron chi connectivity index (χ1n) is 12.5. The third-order valence-electron chi connectivity index (χ3n) is 5.81. The Labute approximate surface area is 215 Å². The number of rotatable bonds is 22. The van der Waals surface area contributed by atoms with E-state index in [2.05, 4.69) is 6.92 Å². The van der Waals surface area contributed by atoms with Gasteiger partial charge in [0.1, 0.15) is 0 Å². The molecule has 1 amide bonds. The van der Waals surface area contributed by atoms with E-state index in [1.807, 2.05) is 0 Å². The Morgan fingerprint density at radius 2 is 1.06 bits per heavy atom. The van der Waals surface area contributed by atoms with Crippen LogP contribution in [0.3, 0.4) is 0 Å². The van der Waals surface area contributed by atoms with E-state index in [4.69, 9.17) is 0 Å². The topological polar surface area (TPSA) is 77.5 Å². The first-order chi connectivity index (χ1) is 14.4. The van der Waals surface area contributed by atoms with Gasteiger partial charge in [-0.05, 0) is 19.3 Å². The van der Waals surface area contributed by atoms with Crippen LogP contribution in [0.2, 0.25) is 0 Å². The van der Waals surface area contributed by atoms with Crippen LogP contribution < -0.4 is 29.6 Å². The second-order valence-corrected chi connectivity index (χ2v) is 10.4. The van der Waals surface area contributed by atoms with Crippen LogP contribution in [0.1, 0.15) is 129 Å². The molecule has 0 aliphatic heterocycles. The summed E-state index contributed by atoms with van der Waals surface area (Å²) in [4.78, 5) is 13.7. The normalized spacial score (nSPS) is 11.3. The summed E-state index contributed by atoms with van der Waals surface area (Å²) in [5, 5.41) is 0. The number of hydrogen-bond donors (Lipinski definition) is 0. The van der Waals surface area contributed by atoms with E-state index in [0.29, 0.717) is 25.8 Å². The Bertz CT molecular complexity index is 500. The van der Waals surface area contributed by atoms with Crippen LogP contribution in [0.15, 0.2) is 0 Å². The molecular formula is C24H48NNaO4S. The van der Waals surface area contributed by atoms with Crippen molar-refractivity contribution in [2.45, 2.75) is 129 Å². The van der Waals surface area contributed by atoms with Crippen molar-refractivity contribution < 1.29 is 47.3 Å². The summed E-state index contributed by atoms with van der Waals surface area (Å²) in [6, 6.07) is 0. The zero-order chi connectivity index (χ0) is 22.5. The number of hydrogen-bond acceptors (Lipinski definition) is 4. The molecule has 0 saturated heterocycles. The summed E-state index contributed by atoms with van der Waals surface area (Å²) >= 11 is 0. The number of carbonyl (C=O) groups is 1. The molecule has 0 aromatic carbocycles. The molecule has 5 nitrogen and oxygen atoms in total. The predicted molar refractivity (Wildman–Crippen MR) is 126 cm³/mol. The van der Waals surface area contributed by atoms with Crippen molar-refractivity contribution in [1.29, 1.82) is 0 Å². The van der Waals surface area contributed by atoms with Gasteiger partial charge in [0, 0.05) is 25.8 Å². The van der Waals surface area contributed by atoms with E-state index in [-0.39, 0.29) is 41.2 Å². The van der Waals surface area contributed by atoms with Crippen molar-refractivity contribution in [1.82, 2.24) is 4.90 Å². The molecular weight excluding hydrogens is 421 g/mol. The molecule has 0 aromatic rings. The van der Waals surface area contributed by atoms with Crippen molar-refractivity contribution in [2.75, 3.05) is 19.3 Å². The summed E-state index contributed by atoms with van der Waals surface area (Å²) in [6.07, 6.45) is 22.6. The fraction of sp³-hybridized carbons (Fsp3) is 0.958. The van der Waals surface area contributed by atoms with Crippen LogP contribution in [0.5, 0.6) is 0 Å². The van der Waals surface area contributed by atoms with E-state index >= 15 is 0 Å². The standard InChI is InChI=1S/C24H49NO4S.Na/c1-3-4-5-6-7-8-9-10-11-12-13-14-15-16-17-18-21-24(26)25(2)22-19-20-23-30(27,28)29;/h3-23H2,1-2H3,(H,27,28,29);/q;+1/p-1. The molecule has 0 atom stereocenters. The van der Waals surface area contributed by atoms with Crippen molar-refractivity contribution in [3.8, 4) is 0 Å². The average molecular weight is 470 g/mol. The first kappa shape index (κ1) is 33.6. The Hall–Kier alpha value is 0.380. The van der Waals surface area contributed by atoms with E-state index < -0.39 is 10.1 Å². The van der Waals surface area contributed by atoms with Crippen LogP contribution in [-0.2, 0) is 14.9 Å². The number of carbonyl (C=O) groups excluding carboxylic acids is 1. The summed E-state index contributed by atoms with van der Waals surface area (Å²) in [6.45, 7) is 2.79. The molecule has 0 radical (unpaired) electrons. The molecule has 180 valence electrons. The van der Waals surface area contributed by atoms with Gasteiger partial charge in [-0.1, -0.05) is 103 Å². The van der Waals surface area contributed by atoms with Crippen LogP contribution in [0.25, 0.3) is 0 Å². The molecule has 0 N–H and O–H groups in total. The fourth-order valence-corrected chi connectivity index (χ4v) is 4.33. The Balaban J connectivity index is 0. The number of amides is 1. The van der Waals surface area contributed by atoms with Gasteiger partial charge < -0.3 is 9.45 Å². The Morgan fingerprint density at radius 1 is 0.677 bits per heavy atom. The average Bonchev–Trinajstić information content (AvgIpc) is 2.69. The molecule has 0 fully saturated rings. The van der Waals surface area contributed by atoms with Gasteiger partial charge in [-0.15, -0.1) is 0 Å². The number of nitrogens with zero attached hydrogens (tertiary/aromatic N) is 1. The van der Waals surface area contributed by atoms with E-state index in [9.17, 15) is 17.8 Å². The van der Waals surface area contributed by atoms with Gasteiger partial charge in [0.05, 0.1) is 10.1 Å². The van der Waals surface area contributed by atoms with E-state index in [1.54, 1.807) is 11.9 Å². The van der Waals surface area contributed by atoms with Crippen molar-refractivity contribution in [2.24, 2.45) is 0 Å². The first-order valence-corrected chi connectivity index (χ1v) is 14.1. The van der Waals surface area contributed by atoms with Gasteiger partial charge in [-0.2, -0.15) is 0 Å². The van der Waals surface area contributed by atoms with E-state index in [1.165, 1.54) is 89.9 Å². The minimum atomic E-state index is -4.13. The molecule has 0 aliphatic carbocycles. The van der Waals surface area contributed by atoms with Crippen molar-refractivity contribution >= 4 is 16.0 Å². The van der Waals surface area contributed by atoms with Gasteiger partial charge in [-0.25, -0.2) is 8.42 Å². The smallest absolute Gasteiger partial charge is 0.748 e. The molecule has 31 heavy (non-hydrogen) atoms. The largest absolute Gasteiger partial charge is 1.00 e. The molecule has 0 heterocycles. The van der Waals surface area contributed by atoms with Gasteiger partial charge >= 0.3 is 29.6 Å². The Morgan fingerprint density at radius 3 is 1.45 bits per heavy atom. The zero-order valence-electron chi connectivity index (χ0n) is 20.8. The van der Waals surface area contributed by atoms with Gasteiger partial charge in [0.15, 0.2) is 0 Å². The maximum absolute atomic E-state index is 12.0. The van der Waals surface area contributed by atoms with Crippen molar-refractivity contribution in [3.05, 3.63) is 0 Å². The molecule has 0 spiro atoms. The second kappa shape index (κ2) is 23.5. The molecule has 0 unspecified atom stereocenters. The van der Waals surface area contributed by atoms with Gasteiger partial charge in [-0.3, -0.25) is 4.79 Å². The van der Waals surface area contributed by atoms with Gasteiger partial charge in [0.2, 0.25) is 5.91 Å². The summed E-state index contributed by atoms with van der Waals surface area (Å²) in [5.41, 5.74) is 0. The summed E-state index contributed by atoms with van der Waals surface area (Å²) in [7, 11) is -2.38. The molecule has 0 aromatic heterocycles. The molecule has 0 bridgehead atoms. The minimum absolute atomic E-state index is 0. The minimum Gasteiger partial charge on any atom is -0.748 e. The summed E-state index contributed by atoms with van der Waals surface area (Å²) < 4.78 is 31.7. The SMILES string of the molecule is CCCCCCCCCCCCCCCCCCC(=O)N(C)CCCCS(=O)(=O)[O-].[Na+]. The zero-order valence-corrected chi connectivity index (χ0v) is 23.7. The molecule has 0 rings (SSSR count). The third kappa shape index (κ3) is 26.5. The Kier molecular flexibility index (Phi) is 25.5. The van der Waals surface area contributed by atoms with E-state index in [0.717, 1.165) is 12.8 Å². The quantitative estimate of drug-likeness (QED) is 0.138. The molecule has 0 saturated carbocycles. The third-order valence-corrected chi connectivity index (χ3v) is 6.60. The van der Waals surface area contributed by atoms with Crippen LogP contribution in [0, 0.1) is 0 Å². The van der Waals surface area contributed by atoms with Crippen LogP contribution in [-0.4, -0.2) is 43.1 Å². The second-order valence-electron chi connectivity index (χ2n) is 8.84. The maximum Gasteiger partial charge on any atom is 1.00 e. The summed E-state index contributed by atoms with van der Waals surface area (Å²) in [5.74, 6) is -0.223. The molecule has 7 heteroatoms. The number of unbranched alkanes of at least 4 members (excludes halogenated alkanes) is 16. The van der Waals surface area contributed by atoms with Crippen LogP contribution in [0.4, 0.5) is 0 Å². The fourth-order valence-electron chi connectivity index (χ4n) is 3.77. The van der Waals surface area contributed by atoms with Crippen LogP contribution >= 0.6 is 0 Å². The molecule has 0 aliphatic rings. The van der Waals surface area contributed by atoms with Crippen molar-refractivity contribution in [3.63, 3.8) is 0 Å². The maximum atomic E-state index is 12.0.